The number of sulfonamides is 1. The number of halogens is 1. The van der Waals surface area contributed by atoms with E-state index in [0.29, 0.717) is 41.3 Å². The lowest BCUT2D eigenvalue weighted by Crippen LogP contribution is -2.41. The van der Waals surface area contributed by atoms with E-state index in [2.05, 4.69) is 5.32 Å². The standard InChI is InChI=1S/C18H21FN4O6S2/c1-30(26,27)22-6-4-12(5-7-22)20-13-3-2-11-8-15(24)18(17(19)14(11)9-13)23-10-16(25)21-31(23,28)29/h2-3,8-9,12,20,24H,4-7,10H2,1H3,(H,21,25). The first-order chi connectivity index (χ1) is 14.5. The van der Waals surface area contributed by atoms with Crippen LogP contribution in [0.2, 0.25) is 0 Å². The summed E-state index contributed by atoms with van der Waals surface area (Å²) >= 11 is 0. The number of aromatic hydroxyl groups is 1. The number of nitrogens with one attached hydrogen (secondary N) is 2. The van der Waals surface area contributed by atoms with Gasteiger partial charge in [0.15, 0.2) is 5.82 Å². The van der Waals surface area contributed by atoms with E-state index in [1.54, 1.807) is 16.9 Å². The second-order valence-corrected chi connectivity index (χ2v) is 11.2. The van der Waals surface area contributed by atoms with E-state index in [-0.39, 0.29) is 11.4 Å². The molecule has 0 aliphatic carbocycles. The summed E-state index contributed by atoms with van der Waals surface area (Å²) in [6.45, 7) is 0.129. The normalized spacial score (nSPS) is 20.2. The lowest BCUT2D eigenvalue weighted by atomic mass is 10.0. The van der Waals surface area contributed by atoms with Gasteiger partial charge >= 0.3 is 10.2 Å². The van der Waals surface area contributed by atoms with Gasteiger partial charge in [-0.2, -0.15) is 8.42 Å². The van der Waals surface area contributed by atoms with Gasteiger partial charge in [-0.15, -0.1) is 0 Å². The Morgan fingerprint density at radius 3 is 2.48 bits per heavy atom. The van der Waals surface area contributed by atoms with Crippen LogP contribution >= 0.6 is 0 Å². The van der Waals surface area contributed by atoms with Crippen LogP contribution in [0.25, 0.3) is 10.8 Å². The molecule has 4 rings (SSSR count). The molecule has 2 heterocycles. The lowest BCUT2D eigenvalue weighted by molar-refractivity contribution is -0.117. The van der Waals surface area contributed by atoms with Crippen molar-refractivity contribution in [2.45, 2.75) is 18.9 Å². The zero-order chi connectivity index (χ0) is 22.6. The number of amides is 1. The molecule has 13 heteroatoms. The summed E-state index contributed by atoms with van der Waals surface area (Å²) in [5.41, 5.74) is -0.0243. The highest BCUT2D eigenvalue weighted by Gasteiger charge is 2.38. The topological polar surface area (TPSA) is 136 Å². The number of piperidine rings is 1. The zero-order valence-corrected chi connectivity index (χ0v) is 18.1. The van der Waals surface area contributed by atoms with Crippen LogP contribution < -0.4 is 14.3 Å². The molecular formula is C18H21FN4O6S2. The average Bonchev–Trinajstić information content (AvgIpc) is 2.94. The third-order valence-electron chi connectivity index (χ3n) is 5.40. The quantitative estimate of drug-likeness (QED) is 0.596. The van der Waals surface area contributed by atoms with Gasteiger partial charge in [0.1, 0.15) is 18.0 Å². The molecule has 0 radical (unpaired) electrons. The first kappa shape index (κ1) is 21.6. The van der Waals surface area contributed by atoms with Crippen molar-refractivity contribution in [3.63, 3.8) is 0 Å². The molecule has 10 nitrogen and oxygen atoms in total. The van der Waals surface area contributed by atoms with Crippen molar-refractivity contribution in [2.75, 3.05) is 35.5 Å². The summed E-state index contributed by atoms with van der Waals surface area (Å²) in [5, 5.41) is 13.9. The molecule has 2 aliphatic heterocycles. The van der Waals surface area contributed by atoms with Crippen molar-refractivity contribution in [3.05, 3.63) is 30.1 Å². The van der Waals surface area contributed by atoms with E-state index in [4.69, 9.17) is 0 Å². The highest BCUT2D eigenvalue weighted by molar-refractivity contribution is 7.92. The van der Waals surface area contributed by atoms with Gasteiger partial charge in [0.25, 0.3) is 5.91 Å². The maximum Gasteiger partial charge on any atom is 0.326 e. The Morgan fingerprint density at radius 2 is 1.90 bits per heavy atom. The Morgan fingerprint density at radius 1 is 1.23 bits per heavy atom. The van der Waals surface area contributed by atoms with Crippen molar-refractivity contribution in [3.8, 4) is 5.75 Å². The van der Waals surface area contributed by atoms with Crippen LogP contribution in [0.1, 0.15) is 12.8 Å². The molecule has 2 fully saturated rings. The van der Waals surface area contributed by atoms with E-state index in [0.717, 1.165) is 0 Å². The number of anilines is 2. The molecule has 0 bridgehead atoms. The maximum absolute atomic E-state index is 15.3. The van der Waals surface area contributed by atoms with E-state index in [9.17, 15) is 26.7 Å². The fourth-order valence-electron chi connectivity index (χ4n) is 3.87. The molecule has 0 atom stereocenters. The van der Waals surface area contributed by atoms with E-state index in [1.807, 2.05) is 0 Å². The summed E-state index contributed by atoms with van der Waals surface area (Å²) in [4.78, 5) is 11.5. The Hall–Kier alpha value is -2.64. The molecule has 1 amide bonds. The molecule has 0 spiro atoms. The number of carbonyl (C=O) groups excluding carboxylic acids is 1. The van der Waals surface area contributed by atoms with E-state index < -0.39 is 49.9 Å². The molecular weight excluding hydrogens is 451 g/mol. The molecule has 31 heavy (non-hydrogen) atoms. The molecule has 168 valence electrons. The molecule has 0 saturated carbocycles. The minimum absolute atomic E-state index is 0.0177. The maximum atomic E-state index is 15.3. The highest BCUT2D eigenvalue weighted by Crippen LogP contribution is 2.39. The second kappa shape index (κ2) is 7.50. The van der Waals surface area contributed by atoms with Crippen LogP contribution in [0, 0.1) is 5.82 Å². The average molecular weight is 473 g/mol. The predicted octanol–water partition coefficient (Wildman–Crippen LogP) is 0.701. The molecule has 2 aromatic rings. The fraction of sp³-hybridized carbons (Fsp3) is 0.389. The smallest absolute Gasteiger partial charge is 0.326 e. The van der Waals surface area contributed by atoms with Gasteiger partial charge < -0.3 is 10.4 Å². The van der Waals surface area contributed by atoms with E-state index >= 15 is 4.39 Å². The summed E-state index contributed by atoms with van der Waals surface area (Å²) in [6, 6.07) is 5.99. The van der Waals surface area contributed by atoms with Gasteiger partial charge in [-0.1, -0.05) is 6.07 Å². The minimum Gasteiger partial charge on any atom is -0.506 e. The third kappa shape index (κ3) is 4.12. The lowest BCUT2D eigenvalue weighted by Gasteiger charge is -2.31. The summed E-state index contributed by atoms with van der Waals surface area (Å²) < 4.78 is 66.4. The van der Waals surface area contributed by atoms with Crippen LogP contribution in [-0.4, -0.2) is 64.1 Å². The SMILES string of the molecule is CS(=O)(=O)N1CCC(Nc2ccc3cc(O)c(N4CC(=O)NS4(=O)=O)c(F)c3c2)CC1. The Labute approximate surface area is 178 Å². The number of carbonyl (C=O) groups is 1. The predicted molar refractivity (Wildman–Crippen MR) is 113 cm³/mol. The van der Waals surface area contributed by atoms with Crippen LogP contribution in [-0.2, 0) is 25.0 Å². The monoisotopic (exact) mass is 472 g/mol. The van der Waals surface area contributed by atoms with Gasteiger partial charge in [0.05, 0.1) is 6.26 Å². The zero-order valence-electron chi connectivity index (χ0n) is 16.5. The van der Waals surface area contributed by atoms with Crippen molar-refractivity contribution in [2.24, 2.45) is 0 Å². The summed E-state index contributed by atoms with van der Waals surface area (Å²) in [7, 11) is -7.53. The molecule has 3 N–H and O–H groups in total. The Kier molecular flexibility index (Phi) is 5.22. The van der Waals surface area contributed by atoms with Gasteiger partial charge in [0.2, 0.25) is 10.0 Å². The molecule has 0 aromatic heterocycles. The summed E-state index contributed by atoms with van der Waals surface area (Å²) in [5.74, 6) is -2.39. The largest absolute Gasteiger partial charge is 0.506 e. The fourth-order valence-corrected chi connectivity index (χ4v) is 5.91. The highest BCUT2D eigenvalue weighted by atomic mass is 32.2. The van der Waals surface area contributed by atoms with Crippen molar-refractivity contribution in [1.29, 1.82) is 0 Å². The van der Waals surface area contributed by atoms with Gasteiger partial charge in [0, 0.05) is 30.2 Å². The number of fused-ring (bicyclic) bond motifs is 1. The van der Waals surface area contributed by atoms with Crippen LogP contribution in [0.4, 0.5) is 15.8 Å². The van der Waals surface area contributed by atoms with Gasteiger partial charge in [-0.3, -0.25) is 4.79 Å². The van der Waals surface area contributed by atoms with Gasteiger partial charge in [-0.05, 0) is 36.4 Å². The number of rotatable bonds is 4. The van der Waals surface area contributed by atoms with Crippen LogP contribution in [0.5, 0.6) is 5.75 Å². The number of benzene rings is 2. The third-order valence-corrected chi connectivity index (χ3v) is 8.08. The van der Waals surface area contributed by atoms with E-state index in [1.165, 1.54) is 22.7 Å². The molecule has 0 unspecified atom stereocenters. The first-order valence-electron chi connectivity index (χ1n) is 9.46. The minimum atomic E-state index is -4.29. The second-order valence-electron chi connectivity index (χ2n) is 7.61. The molecule has 2 aromatic carbocycles. The van der Waals surface area contributed by atoms with Crippen molar-refractivity contribution in [1.82, 2.24) is 9.03 Å². The number of nitrogens with zero attached hydrogens (tertiary/aromatic N) is 2. The van der Waals surface area contributed by atoms with Crippen molar-refractivity contribution < 1.29 is 31.1 Å². The summed E-state index contributed by atoms with van der Waals surface area (Å²) in [6.07, 6.45) is 2.33. The number of phenols is 1. The van der Waals surface area contributed by atoms with Gasteiger partial charge in [-0.25, -0.2) is 26.1 Å². The first-order valence-corrected chi connectivity index (χ1v) is 12.7. The molecule has 2 saturated heterocycles. The molecule has 2 aliphatic rings. The Bertz CT molecular complexity index is 1270. The van der Waals surface area contributed by atoms with Crippen molar-refractivity contribution >= 4 is 48.3 Å². The van der Waals surface area contributed by atoms with Crippen LogP contribution in [0.3, 0.4) is 0 Å². The Balaban J connectivity index is 1.63. The number of phenolic OH excluding ortho intramolecular Hbond substituents is 1. The number of hydrogen-bond acceptors (Lipinski definition) is 7. The van der Waals surface area contributed by atoms with Crippen LogP contribution in [0.15, 0.2) is 24.3 Å². The number of hydrogen-bond donors (Lipinski definition) is 3.